The zero-order valence-corrected chi connectivity index (χ0v) is 7.16. The minimum Gasteiger partial charge on any atom is -0.393 e. The second-order valence-corrected chi connectivity index (χ2v) is 3.08. The van der Waals surface area contributed by atoms with Crippen molar-refractivity contribution >= 4 is 6.29 Å². The number of carbonyl (C=O) groups is 1. The molecule has 0 radical (unpaired) electrons. The molecule has 0 saturated carbocycles. The van der Waals surface area contributed by atoms with Gasteiger partial charge in [-0.25, -0.2) is 0 Å². The Morgan fingerprint density at radius 1 is 1.38 bits per heavy atom. The summed E-state index contributed by atoms with van der Waals surface area (Å²) in [4.78, 5) is 10.0. The van der Waals surface area contributed by atoms with E-state index in [9.17, 15) is 9.90 Å². The highest BCUT2D eigenvalue weighted by atomic mass is 16.4. The van der Waals surface area contributed by atoms with Crippen LogP contribution in [0.15, 0.2) is 0 Å². The molecule has 0 aromatic rings. The SMILES string of the molecule is C[C@@](O)(CO)[C@@H](O)[C@H](O)[C@@H](O)C=O. The summed E-state index contributed by atoms with van der Waals surface area (Å²) < 4.78 is 0. The van der Waals surface area contributed by atoms with Gasteiger partial charge < -0.3 is 30.3 Å². The van der Waals surface area contributed by atoms with Crippen molar-refractivity contribution in [1.82, 2.24) is 0 Å². The second kappa shape index (κ2) is 4.64. The van der Waals surface area contributed by atoms with Crippen LogP contribution in [0.3, 0.4) is 0 Å². The van der Waals surface area contributed by atoms with Gasteiger partial charge in [-0.2, -0.15) is 0 Å². The third-order valence-corrected chi connectivity index (χ3v) is 1.77. The molecule has 0 fully saturated rings. The zero-order chi connectivity index (χ0) is 10.6. The third-order valence-electron chi connectivity index (χ3n) is 1.77. The van der Waals surface area contributed by atoms with Crippen LogP contribution in [0.1, 0.15) is 6.92 Å². The van der Waals surface area contributed by atoms with Crippen molar-refractivity contribution in [3.05, 3.63) is 0 Å². The van der Waals surface area contributed by atoms with Crippen LogP contribution >= 0.6 is 0 Å². The van der Waals surface area contributed by atoms with E-state index in [4.69, 9.17) is 20.4 Å². The number of aliphatic hydroxyl groups is 5. The summed E-state index contributed by atoms with van der Waals surface area (Å²) in [6, 6.07) is 0. The Hall–Kier alpha value is -0.530. The molecule has 4 atom stereocenters. The second-order valence-electron chi connectivity index (χ2n) is 3.08. The Kier molecular flexibility index (Phi) is 4.45. The van der Waals surface area contributed by atoms with Gasteiger partial charge in [-0.15, -0.1) is 0 Å². The molecule has 0 rings (SSSR count). The van der Waals surface area contributed by atoms with E-state index in [1.165, 1.54) is 0 Å². The quantitative estimate of drug-likeness (QED) is 0.298. The molecule has 0 aliphatic carbocycles. The Bertz CT molecular complexity index is 168. The van der Waals surface area contributed by atoms with E-state index >= 15 is 0 Å². The van der Waals surface area contributed by atoms with Gasteiger partial charge in [-0.05, 0) is 6.92 Å². The first-order valence-electron chi connectivity index (χ1n) is 3.69. The zero-order valence-electron chi connectivity index (χ0n) is 7.16. The van der Waals surface area contributed by atoms with Crippen molar-refractivity contribution in [1.29, 1.82) is 0 Å². The van der Waals surface area contributed by atoms with Crippen LogP contribution in [0.4, 0.5) is 0 Å². The molecule has 0 saturated heterocycles. The van der Waals surface area contributed by atoms with Gasteiger partial charge >= 0.3 is 0 Å². The van der Waals surface area contributed by atoms with Crippen LogP contribution in [-0.4, -0.2) is 62.3 Å². The van der Waals surface area contributed by atoms with E-state index in [1.807, 2.05) is 0 Å². The van der Waals surface area contributed by atoms with Gasteiger partial charge in [0.2, 0.25) is 0 Å². The lowest BCUT2D eigenvalue weighted by Crippen LogP contribution is -2.53. The van der Waals surface area contributed by atoms with E-state index < -0.39 is 30.5 Å². The first kappa shape index (κ1) is 12.5. The molecular weight excluding hydrogens is 180 g/mol. The van der Waals surface area contributed by atoms with Crippen molar-refractivity contribution in [2.24, 2.45) is 0 Å². The molecule has 0 aromatic carbocycles. The summed E-state index contributed by atoms with van der Waals surface area (Å²) in [5.41, 5.74) is -1.95. The van der Waals surface area contributed by atoms with Gasteiger partial charge in [-0.3, -0.25) is 0 Å². The molecule has 0 bridgehead atoms. The molecule has 0 aliphatic rings. The molecule has 5 N–H and O–H groups in total. The number of rotatable bonds is 5. The summed E-state index contributed by atoms with van der Waals surface area (Å²) in [6.45, 7) is 0.273. The average Bonchev–Trinajstić information content (AvgIpc) is 2.14. The average molecular weight is 194 g/mol. The van der Waals surface area contributed by atoms with Crippen molar-refractivity contribution in [2.45, 2.75) is 30.8 Å². The maximum atomic E-state index is 10.0. The first-order chi connectivity index (χ1) is 5.86. The normalized spacial score (nSPS) is 22.9. The predicted octanol–water partition coefficient (Wildman–Crippen LogP) is -2.99. The highest BCUT2D eigenvalue weighted by molar-refractivity contribution is 5.56. The predicted molar refractivity (Wildman–Crippen MR) is 41.8 cm³/mol. The minimum absolute atomic E-state index is 0.0291. The fourth-order valence-corrected chi connectivity index (χ4v) is 0.729. The van der Waals surface area contributed by atoms with Gasteiger partial charge in [0.15, 0.2) is 6.29 Å². The van der Waals surface area contributed by atoms with Crippen LogP contribution in [0, 0.1) is 0 Å². The number of carbonyl (C=O) groups excluding carboxylic acids is 1. The summed E-state index contributed by atoms with van der Waals surface area (Å²) in [5.74, 6) is 0. The molecule has 0 aliphatic heterocycles. The molecule has 13 heavy (non-hydrogen) atoms. The van der Waals surface area contributed by atoms with E-state index in [0.29, 0.717) is 0 Å². The molecule has 0 spiro atoms. The van der Waals surface area contributed by atoms with Gasteiger partial charge in [0.1, 0.15) is 23.9 Å². The van der Waals surface area contributed by atoms with E-state index in [0.717, 1.165) is 6.92 Å². The molecule has 78 valence electrons. The highest BCUT2D eigenvalue weighted by Gasteiger charge is 2.38. The van der Waals surface area contributed by atoms with Crippen molar-refractivity contribution in [2.75, 3.05) is 6.61 Å². The molecule has 0 aromatic heterocycles. The third kappa shape index (κ3) is 3.02. The maximum absolute atomic E-state index is 10.0. The smallest absolute Gasteiger partial charge is 0.151 e. The van der Waals surface area contributed by atoms with Gasteiger partial charge in [0, 0.05) is 0 Å². The van der Waals surface area contributed by atoms with Crippen molar-refractivity contribution in [3.63, 3.8) is 0 Å². The Balaban J connectivity index is 4.40. The monoisotopic (exact) mass is 194 g/mol. The maximum Gasteiger partial charge on any atom is 0.151 e. The summed E-state index contributed by atoms with van der Waals surface area (Å²) >= 11 is 0. The van der Waals surface area contributed by atoms with Crippen molar-refractivity contribution < 1.29 is 30.3 Å². The number of hydrogen-bond donors (Lipinski definition) is 5. The standard InChI is InChI=1S/C7H14O6/c1-7(13,3-9)6(12)5(11)4(10)2-8/h2,4-6,9-13H,3H2,1H3/t4-,5+,6-,7+/m0/s1. The first-order valence-corrected chi connectivity index (χ1v) is 3.69. The Labute approximate surface area is 75.1 Å². The molecule has 6 heteroatoms. The van der Waals surface area contributed by atoms with Crippen LogP contribution in [0.25, 0.3) is 0 Å². The Morgan fingerprint density at radius 3 is 2.15 bits per heavy atom. The number of hydrogen-bond acceptors (Lipinski definition) is 6. The summed E-state index contributed by atoms with van der Waals surface area (Å²) in [5, 5.41) is 44.8. The van der Waals surface area contributed by atoms with Gasteiger partial charge in [0.05, 0.1) is 6.61 Å². The van der Waals surface area contributed by atoms with Crippen LogP contribution < -0.4 is 0 Å². The van der Waals surface area contributed by atoms with Crippen LogP contribution in [0.2, 0.25) is 0 Å². The lowest BCUT2D eigenvalue weighted by Gasteiger charge is -2.31. The van der Waals surface area contributed by atoms with Gasteiger partial charge in [0.25, 0.3) is 0 Å². The molecular formula is C7H14O6. The number of aliphatic hydroxyl groups excluding tert-OH is 4. The lowest BCUT2D eigenvalue weighted by molar-refractivity contribution is -0.162. The molecule has 6 nitrogen and oxygen atoms in total. The summed E-state index contributed by atoms with van der Waals surface area (Å²) in [6.07, 6.45) is -5.37. The highest BCUT2D eigenvalue weighted by Crippen LogP contribution is 2.14. The molecule has 0 heterocycles. The largest absolute Gasteiger partial charge is 0.393 e. The topological polar surface area (TPSA) is 118 Å². The molecule has 0 amide bonds. The van der Waals surface area contributed by atoms with Crippen LogP contribution in [-0.2, 0) is 4.79 Å². The van der Waals surface area contributed by atoms with E-state index in [2.05, 4.69) is 0 Å². The van der Waals surface area contributed by atoms with E-state index in [1.54, 1.807) is 0 Å². The number of aldehydes is 1. The van der Waals surface area contributed by atoms with Crippen molar-refractivity contribution in [3.8, 4) is 0 Å². The fourth-order valence-electron chi connectivity index (χ4n) is 0.729. The van der Waals surface area contributed by atoms with Crippen LogP contribution in [0.5, 0.6) is 0 Å². The summed E-state index contributed by atoms with van der Waals surface area (Å²) in [7, 11) is 0. The Morgan fingerprint density at radius 2 is 1.85 bits per heavy atom. The fraction of sp³-hybridized carbons (Fsp3) is 0.857. The van der Waals surface area contributed by atoms with E-state index in [-0.39, 0.29) is 6.29 Å². The lowest BCUT2D eigenvalue weighted by atomic mass is 9.93. The molecule has 0 unspecified atom stereocenters. The minimum atomic E-state index is -1.95. The van der Waals surface area contributed by atoms with Gasteiger partial charge in [-0.1, -0.05) is 0 Å².